The molecule has 0 aromatic rings. The van der Waals surface area contributed by atoms with Crippen LogP contribution in [0.1, 0.15) is 13.3 Å². The van der Waals surface area contributed by atoms with Crippen LogP contribution < -0.4 is 4.89 Å². The lowest BCUT2D eigenvalue weighted by Gasteiger charge is -2.22. The van der Waals surface area contributed by atoms with Gasteiger partial charge in [0.2, 0.25) is 0 Å². The fourth-order valence-corrected chi connectivity index (χ4v) is 2.90. The van der Waals surface area contributed by atoms with Crippen LogP contribution in [0.5, 0.6) is 0 Å². The SMILES string of the molecule is CCC(COC(=O)C=CC(=O)O)=[P+]([O-])CC[N+](C)(C)C. The van der Waals surface area contributed by atoms with E-state index >= 15 is 0 Å². The van der Waals surface area contributed by atoms with Crippen molar-refractivity contribution >= 4 is 25.0 Å². The standard InChI is InChI=1S/C13H22NO5P/c1-5-11(20(18)9-8-14(2,3)4)10-19-13(17)7-6-12(15)16/h6-7H,5,8-10H2,1-4H3/p+1. The smallest absolute Gasteiger partial charge is 0.331 e. The van der Waals surface area contributed by atoms with Gasteiger partial charge in [0, 0.05) is 18.6 Å². The Balaban J connectivity index is 4.46. The molecule has 0 fully saturated rings. The van der Waals surface area contributed by atoms with E-state index in [0.717, 1.165) is 17.1 Å². The molecule has 0 aliphatic rings. The van der Waals surface area contributed by atoms with Gasteiger partial charge in [-0.15, -0.1) is 0 Å². The number of ether oxygens (including phenoxy) is 1. The Labute approximate surface area is 120 Å². The molecule has 7 heteroatoms. The first kappa shape index (κ1) is 18.8. The number of esters is 1. The maximum absolute atomic E-state index is 12.1. The van der Waals surface area contributed by atoms with Crippen LogP contribution in [0.4, 0.5) is 0 Å². The lowest BCUT2D eigenvalue weighted by Crippen LogP contribution is -2.37. The number of hydrogen-bond donors (Lipinski definition) is 1. The van der Waals surface area contributed by atoms with E-state index in [-0.39, 0.29) is 6.61 Å². The van der Waals surface area contributed by atoms with Gasteiger partial charge in [0.15, 0.2) is 12.8 Å². The van der Waals surface area contributed by atoms with Gasteiger partial charge in [-0.25, -0.2) is 9.59 Å². The van der Waals surface area contributed by atoms with Crippen molar-refractivity contribution in [2.75, 3.05) is 40.5 Å². The second-order valence-electron chi connectivity index (χ2n) is 5.32. The summed E-state index contributed by atoms with van der Waals surface area (Å²) in [5.41, 5.74) is 0. The molecule has 1 unspecified atom stereocenters. The zero-order chi connectivity index (χ0) is 15.8. The predicted octanol–water partition coefficient (Wildman–Crippen LogP) is 0.216. The molecule has 0 radical (unpaired) electrons. The van der Waals surface area contributed by atoms with Crippen molar-refractivity contribution in [3.05, 3.63) is 12.2 Å². The average molecular weight is 304 g/mol. The summed E-state index contributed by atoms with van der Waals surface area (Å²) in [5, 5.41) is 9.06. The van der Waals surface area contributed by atoms with Crippen molar-refractivity contribution in [2.45, 2.75) is 13.3 Å². The third-order valence-electron chi connectivity index (χ3n) is 2.48. The van der Waals surface area contributed by atoms with E-state index in [1.165, 1.54) is 0 Å². The summed E-state index contributed by atoms with van der Waals surface area (Å²) in [6.45, 7) is 2.60. The van der Waals surface area contributed by atoms with Crippen LogP contribution in [0.3, 0.4) is 0 Å². The van der Waals surface area contributed by atoms with Gasteiger partial charge in [-0.05, 0) is 0 Å². The monoisotopic (exact) mass is 304 g/mol. The van der Waals surface area contributed by atoms with Crippen LogP contribution in [0, 0.1) is 0 Å². The van der Waals surface area contributed by atoms with Crippen LogP contribution in [0.2, 0.25) is 0 Å². The van der Waals surface area contributed by atoms with Gasteiger partial charge in [0.25, 0.3) is 0 Å². The number of rotatable bonds is 8. The molecule has 0 saturated carbocycles. The summed E-state index contributed by atoms with van der Waals surface area (Å²) in [6.07, 6.45) is 2.67. The number of hydrogen-bond acceptors (Lipinski definition) is 4. The molecular weight excluding hydrogens is 281 g/mol. The maximum atomic E-state index is 12.1. The number of carboxylic acids is 1. The summed E-state index contributed by atoms with van der Waals surface area (Å²) in [7, 11) is 4.53. The van der Waals surface area contributed by atoms with Crippen LogP contribution in [0.25, 0.3) is 0 Å². The first-order chi connectivity index (χ1) is 9.15. The van der Waals surface area contributed by atoms with E-state index in [1.807, 2.05) is 28.1 Å². The van der Waals surface area contributed by atoms with Gasteiger partial charge in [-0.3, -0.25) is 0 Å². The quantitative estimate of drug-likeness (QED) is 0.300. The van der Waals surface area contributed by atoms with Crippen LogP contribution in [0.15, 0.2) is 12.2 Å². The predicted molar refractivity (Wildman–Crippen MR) is 77.7 cm³/mol. The minimum Gasteiger partial charge on any atom is -0.630 e. The fourth-order valence-electron chi connectivity index (χ4n) is 1.24. The Morgan fingerprint density at radius 1 is 1.30 bits per heavy atom. The average Bonchev–Trinajstić information content (AvgIpc) is 2.33. The molecule has 0 aliphatic carbocycles. The Hall–Kier alpha value is -1.23. The second kappa shape index (κ2) is 8.84. The number of carbonyl (C=O) groups excluding carboxylic acids is 1. The van der Waals surface area contributed by atoms with E-state index in [9.17, 15) is 14.5 Å². The second-order valence-corrected chi connectivity index (χ2v) is 7.15. The molecular formula is C13H23NO5P+. The number of aliphatic carboxylic acids is 1. The Bertz CT molecular complexity index is 409. The molecule has 0 saturated heterocycles. The summed E-state index contributed by atoms with van der Waals surface area (Å²) in [4.78, 5) is 33.6. The highest BCUT2D eigenvalue weighted by Gasteiger charge is 2.15. The van der Waals surface area contributed by atoms with Crippen molar-refractivity contribution in [1.29, 1.82) is 0 Å². The normalized spacial score (nSPS) is 13.2. The molecule has 0 spiro atoms. The van der Waals surface area contributed by atoms with Gasteiger partial charge < -0.3 is 19.2 Å². The Morgan fingerprint density at radius 3 is 2.35 bits per heavy atom. The largest absolute Gasteiger partial charge is 0.630 e. The molecule has 114 valence electrons. The number of carboxylic acid groups (broad SMARTS) is 1. The van der Waals surface area contributed by atoms with E-state index in [0.29, 0.717) is 24.0 Å². The molecule has 20 heavy (non-hydrogen) atoms. The van der Waals surface area contributed by atoms with Gasteiger partial charge in [-0.2, -0.15) is 0 Å². The van der Waals surface area contributed by atoms with Gasteiger partial charge in [0.05, 0.1) is 28.9 Å². The van der Waals surface area contributed by atoms with E-state index in [4.69, 9.17) is 9.84 Å². The summed E-state index contributed by atoms with van der Waals surface area (Å²) < 4.78 is 5.60. The van der Waals surface area contributed by atoms with Gasteiger partial charge in [-0.1, -0.05) is 6.92 Å². The molecule has 0 bridgehead atoms. The highest BCUT2D eigenvalue weighted by molar-refractivity contribution is 7.51. The van der Waals surface area contributed by atoms with E-state index in [1.54, 1.807) is 0 Å². The topological polar surface area (TPSA) is 86.7 Å². The number of nitrogens with zero attached hydrogens (tertiary/aromatic N) is 1. The van der Waals surface area contributed by atoms with Crippen LogP contribution >= 0.6 is 7.77 Å². The van der Waals surface area contributed by atoms with Crippen LogP contribution in [-0.2, 0) is 14.3 Å². The third kappa shape index (κ3) is 9.67. The molecule has 6 nitrogen and oxygen atoms in total. The lowest BCUT2D eigenvalue weighted by atomic mass is 10.3. The van der Waals surface area contributed by atoms with E-state index in [2.05, 4.69) is 0 Å². The van der Waals surface area contributed by atoms with Crippen molar-refractivity contribution in [3.8, 4) is 0 Å². The van der Waals surface area contributed by atoms with Gasteiger partial charge >= 0.3 is 11.9 Å². The van der Waals surface area contributed by atoms with Crippen molar-refractivity contribution in [1.82, 2.24) is 0 Å². The summed E-state index contributed by atoms with van der Waals surface area (Å²) in [6, 6.07) is 0. The zero-order valence-electron chi connectivity index (χ0n) is 12.5. The third-order valence-corrected chi connectivity index (χ3v) is 4.23. The van der Waals surface area contributed by atoms with Crippen molar-refractivity contribution in [3.63, 3.8) is 0 Å². The highest BCUT2D eigenvalue weighted by atomic mass is 31.1. The minimum absolute atomic E-state index is 0.0222. The summed E-state index contributed by atoms with van der Waals surface area (Å²) >= 11 is 0. The number of carbonyl (C=O) groups is 2. The maximum Gasteiger partial charge on any atom is 0.331 e. The Kier molecular flexibility index (Phi) is 8.30. The minimum atomic E-state index is -1.53. The van der Waals surface area contributed by atoms with E-state index < -0.39 is 19.7 Å². The number of quaternary nitrogens is 1. The highest BCUT2D eigenvalue weighted by Crippen LogP contribution is 2.17. The van der Waals surface area contributed by atoms with Crippen molar-refractivity contribution < 1.29 is 28.8 Å². The zero-order valence-corrected chi connectivity index (χ0v) is 13.4. The van der Waals surface area contributed by atoms with Crippen molar-refractivity contribution in [2.24, 2.45) is 0 Å². The van der Waals surface area contributed by atoms with Crippen LogP contribution in [-0.4, -0.2) is 67.3 Å². The first-order valence-electron chi connectivity index (χ1n) is 6.33. The molecule has 0 amide bonds. The molecule has 0 aliphatic heterocycles. The molecule has 0 aromatic heterocycles. The first-order valence-corrected chi connectivity index (χ1v) is 7.77. The molecule has 0 rings (SSSR count). The summed E-state index contributed by atoms with van der Waals surface area (Å²) in [5.74, 6) is -1.95. The molecule has 1 atom stereocenters. The fraction of sp³-hybridized carbons (Fsp3) is 0.615. The molecule has 0 aromatic carbocycles. The Morgan fingerprint density at radius 2 is 1.90 bits per heavy atom. The lowest BCUT2D eigenvalue weighted by molar-refractivity contribution is -0.867. The molecule has 0 heterocycles. The molecule has 1 N–H and O–H groups in total. The van der Waals surface area contributed by atoms with Gasteiger partial charge in [0.1, 0.15) is 11.8 Å².